The first kappa shape index (κ1) is 22.1. The van der Waals surface area contributed by atoms with Crippen molar-refractivity contribution in [3.63, 3.8) is 0 Å². The number of aliphatic hydroxyl groups excluding tert-OH is 2. The Morgan fingerprint density at radius 2 is 1.90 bits per heavy atom. The van der Waals surface area contributed by atoms with Gasteiger partial charge in [-0.2, -0.15) is 0 Å². The topological polar surface area (TPSA) is 87.1 Å². The summed E-state index contributed by atoms with van der Waals surface area (Å²) in [6.45, 7) is 2.43. The summed E-state index contributed by atoms with van der Waals surface area (Å²) in [6, 6.07) is 13.2. The third-order valence-electron chi connectivity index (χ3n) is 4.94. The van der Waals surface area contributed by atoms with Crippen LogP contribution in [0.25, 0.3) is 5.76 Å². The van der Waals surface area contributed by atoms with Crippen LogP contribution in [0.1, 0.15) is 36.9 Å². The zero-order valence-electron chi connectivity index (χ0n) is 16.7. The fraction of sp³-hybridized carbons (Fsp3) is 0.304. The number of nitrogens with zero attached hydrogens (tertiary/aromatic N) is 1. The van der Waals surface area contributed by atoms with E-state index in [-0.39, 0.29) is 24.5 Å². The van der Waals surface area contributed by atoms with Gasteiger partial charge in [0.15, 0.2) is 0 Å². The number of likely N-dealkylation sites (tertiary alicyclic amines) is 1. The van der Waals surface area contributed by atoms with Crippen molar-refractivity contribution in [3.05, 3.63) is 69.7 Å². The Balaban J connectivity index is 2.11. The molecule has 3 rings (SSSR count). The van der Waals surface area contributed by atoms with Crippen molar-refractivity contribution in [2.24, 2.45) is 0 Å². The minimum Gasteiger partial charge on any atom is -0.507 e. The monoisotopic (exact) mass is 473 g/mol. The molecule has 1 heterocycles. The van der Waals surface area contributed by atoms with E-state index in [9.17, 15) is 14.7 Å². The lowest BCUT2D eigenvalue weighted by Gasteiger charge is -2.25. The van der Waals surface area contributed by atoms with Gasteiger partial charge in [-0.15, -0.1) is 0 Å². The third kappa shape index (κ3) is 4.57. The summed E-state index contributed by atoms with van der Waals surface area (Å²) in [6.07, 6.45) is 1.60. The zero-order valence-corrected chi connectivity index (χ0v) is 18.3. The predicted molar refractivity (Wildman–Crippen MR) is 117 cm³/mol. The number of aliphatic hydroxyl groups is 2. The maximum atomic E-state index is 12.9. The number of hydrogen-bond donors (Lipinski definition) is 2. The molecule has 1 aliphatic heterocycles. The van der Waals surface area contributed by atoms with Crippen LogP contribution >= 0.6 is 15.9 Å². The molecular weight excluding hydrogens is 450 g/mol. The molecule has 158 valence electrons. The van der Waals surface area contributed by atoms with E-state index in [1.54, 1.807) is 48.5 Å². The van der Waals surface area contributed by atoms with E-state index in [1.165, 1.54) is 4.90 Å². The van der Waals surface area contributed by atoms with Crippen LogP contribution in [0.3, 0.4) is 0 Å². The summed E-state index contributed by atoms with van der Waals surface area (Å²) in [5, 5.41) is 20.0. The Labute approximate surface area is 183 Å². The first-order valence-electron chi connectivity index (χ1n) is 9.86. The van der Waals surface area contributed by atoms with E-state index >= 15 is 0 Å². The molecular formula is C23H24BrNO5. The quantitative estimate of drug-likeness (QED) is 0.343. The molecule has 30 heavy (non-hydrogen) atoms. The second-order valence-corrected chi connectivity index (χ2v) is 7.91. The highest BCUT2D eigenvalue weighted by molar-refractivity contribution is 9.10. The van der Waals surface area contributed by atoms with Crippen LogP contribution in [-0.4, -0.2) is 46.6 Å². The average molecular weight is 474 g/mol. The van der Waals surface area contributed by atoms with Crippen molar-refractivity contribution in [2.75, 3.05) is 19.8 Å². The number of Topliss-reactive ketones (excluding diaryl/α,β-unsaturated/α-hetero) is 1. The Bertz CT molecular complexity index is 954. The number of rotatable bonds is 8. The number of ketones is 1. The van der Waals surface area contributed by atoms with Crippen LogP contribution in [0.5, 0.6) is 5.75 Å². The second kappa shape index (κ2) is 9.91. The molecule has 2 N–H and O–H groups in total. The zero-order chi connectivity index (χ0) is 21.7. The van der Waals surface area contributed by atoms with Gasteiger partial charge in [-0.05, 0) is 36.2 Å². The number of hydrogen-bond acceptors (Lipinski definition) is 5. The first-order valence-corrected chi connectivity index (χ1v) is 10.6. The van der Waals surface area contributed by atoms with Gasteiger partial charge >= 0.3 is 0 Å². The highest BCUT2D eigenvalue weighted by Crippen LogP contribution is 2.40. The van der Waals surface area contributed by atoms with Crippen molar-refractivity contribution < 1.29 is 24.5 Å². The Morgan fingerprint density at radius 1 is 1.17 bits per heavy atom. The number of ether oxygens (including phenoxy) is 1. The number of unbranched alkanes of at least 4 members (excludes halogenated alkanes) is 1. The van der Waals surface area contributed by atoms with Crippen LogP contribution in [0.15, 0.2) is 58.6 Å². The molecule has 0 radical (unpaired) electrons. The summed E-state index contributed by atoms with van der Waals surface area (Å²) < 4.78 is 6.34. The summed E-state index contributed by atoms with van der Waals surface area (Å²) in [5.74, 6) is -0.996. The highest BCUT2D eigenvalue weighted by atomic mass is 79.9. The Morgan fingerprint density at radius 3 is 2.57 bits per heavy atom. The summed E-state index contributed by atoms with van der Waals surface area (Å²) in [7, 11) is 0. The van der Waals surface area contributed by atoms with E-state index < -0.39 is 17.7 Å². The normalized spacial score (nSPS) is 18.1. The van der Waals surface area contributed by atoms with Gasteiger partial charge in [0.25, 0.3) is 11.7 Å². The maximum absolute atomic E-state index is 12.9. The van der Waals surface area contributed by atoms with Gasteiger partial charge in [-0.3, -0.25) is 9.59 Å². The van der Waals surface area contributed by atoms with Crippen molar-refractivity contribution in [1.82, 2.24) is 4.90 Å². The standard InChI is InChI=1S/C23H24BrNO5/c1-2-3-11-25-20(16-5-4-6-18(14-16)30-13-12-26)19(22(28)23(25)29)21(27)15-7-9-17(24)10-8-15/h4-10,14,20,26-27H,2-3,11-13H2,1H3/b21-19-. The lowest BCUT2D eigenvalue weighted by molar-refractivity contribution is -0.139. The Kier molecular flexibility index (Phi) is 7.29. The number of carbonyl (C=O) groups excluding carboxylic acids is 2. The molecule has 2 aromatic rings. The lowest BCUT2D eigenvalue weighted by Crippen LogP contribution is -2.30. The van der Waals surface area contributed by atoms with Crippen molar-refractivity contribution >= 4 is 33.4 Å². The van der Waals surface area contributed by atoms with E-state index in [2.05, 4.69) is 15.9 Å². The van der Waals surface area contributed by atoms with Crippen LogP contribution < -0.4 is 4.74 Å². The minimum absolute atomic E-state index is 0.0673. The first-order chi connectivity index (χ1) is 14.5. The molecule has 1 unspecified atom stereocenters. The van der Waals surface area contributed by atoms with Crippen LogP contribution in [0.4, 0.5) is 0 Å². The lowest BCUT2D eigenvalue weighted by atomic mass is 9.95. The number of benzene rings is 2. The van der Waals surface area contributed by atoms with E-state index in [0.717, 1.165) is 17.3 Å². The van der Waals surface area contributed by atoms with Gasteiger partial charge in [0.1, 0.15) is 18.1 Å². The smallest absolute Gasteiger partial charge is 0.295 e. The van der Waals surface area contributed by atoms with Crippen LogP contribution in [0, 0.1) is 0 Å². The molecule has 1 atom stereocenters. The van der Waals surface area contributed by atoms with Crippen molar-refractivity contribution in [2.45, 2.75) is 25.8 Å². The highest BCUT2D eigenvalue weighted by Gasteiger charge is 2.45. The van der Waals surface area contributed by atoms with Gasteiger partial charge in [-0.1, -0.05) is 53.5 Å². The molecule has 0 aliphatic carbocycles. The molecule has 1 aliphatic rings. The number of halogens is 1. The third-order valence-corrected chi connectivity index (χ3v) is 5.47. The molecule has 0 aromatic heterocycles. The summed E-state index contributed by atoms with van der Waals surface area (Å²) >= 11 is 3.36. The van der Waals surface area contributed by atoms with Gasteiger partial charge in [0, 0.05) is 16.6 Å². The fourth-order valence-corrected chi connectivity index (χ4v) is 3.75. The van der Waals surface area contributed by atoms with E-state index in [1.807, 2.05) is 6.92 Å². The van der Waals surface area contributed by atoms with Crippen molar-refractivity contribution in [3.8, 4) is 5.75 Å². The maximum Gasteiger partial charge on any atom is 0.295 e. The number of amides is 1. The number of carbonyl (C=O) groups is 2. The Hall–Kier alpha value is -2.64. The van der Waals surface area contributed by atoms with E-state index in [0.29, 0.717) is 23.4 Å². The molecule has 0 bridgehead atoms. The molecule has 2 aromatic carbocycles. The largest absolute Gasteiger partial charge is 0.507 e. The van der Waals surface area contributed by atoms with E-state index in [4.69, 9.17) is 9.84 Å². The molecule has 1 amide bonds. The average Bonchev–Trinajstić information content (AvgIpc) is 3.01. The van der Waals surface area contributed by atoms with Crippen LogP contribution in [-0.2, 0) is 9.59 Å². The molecule has 7 heteroatoms. The second-order valence-electron chi connectivity index (χ2n) is 7.00. The molecule has 0 spiro atoms. The van der Waals surface area contributed by atoms with Crippen LogP contribution in [0.2, 0.25) is 0 Å². The SMILES string of the molecule is CCCCN1C(=O)C(=O)/C(=C(\O)c2ccc(Br)cc2)C1c1cccc(OCCO)c1. The summed E-state index contributed by atoms with van der Waals surface area (Å²) in [4.78, 5) is 27.2. The predicted octanol–water partition coefficient (Wildman–Crippen LogP) is 4.04. The van der Waals surface area contributed by atoms with Gasteiger partial charge < -0.3 is 19.8 Å². The molecule has 0 saturated carbocycles. The van der Waals surface area contributed by atoms with Crippen molar-refractivity contribution in [1.29, 1.82) is 0 Å². The summed E-state index contributed by atoms with van der Waals surface area (Å²) in [5.41, 5.74) is 1.20. The molecule has 6 nitrogen and oxygen atoms in total. The van der Waals surface area contributed by atoms with Gasteiger partial charge in [0.05, 0.1) is 18.2 Å². The fourth-order valence-electron chi connectivity index (χ4n) is 3.49. The minimum atomic E-state index is -0.710. The molecule has 1 saturated heterocycles. The van der Waals surface area contributed by atoms with Gasteiger partial charge in [0.2, 0.25) is 0 Å². The van der Waals surface area contributed by atoms with Gasteiger partial charge in [-0.25, -0.2) is 0 Å². The molecule has 1 fully saturated rings.